The lowest BCUT2D eigenvalue weighted by atomic mass is 9.97. The number of nitrogens with one attached hydrogen (secondary N) is 2. The summed E-state index contributed by atoms with van der Waals surface area (Å²) in [5, 5.41) is 10.7. The summed E-state index contributed by atoms with van der Waals surface area (Å²) in [7, 11) is 1.76. The molecule has 0 unspecified atom stereocenters. The summed E-state index contributed by atoms with van der Waals surface area (Å²) in [5.41, 5.74) is 2.43. The van der Waals surface area contributed by atoms with E-state index in [0.29, 0.717) is 30.8 Å². The summed E-state index contributed by atoms with van der Waals surface area (Å²) < 4.78 is 10.8. The zero-order chi connectivity index (χ0) is 20.7. The Bertz CT molecular complexity index is 812. The molecule has 1 aliphatic heterocycles. The number of morpholine rings is 1. The maximum absolute atomic E-state index is 5.45. The minimum absolute atomic E-state index is 0. The number of aliphatic imine (C=N–C) groups is 1. The van der Waals surface area contributed by atoms with Gasteiger partial charge in [0.2, 0.25) is 5.89 Å². The van der Waals surface area contributed by atoms with E-state index in [4.69, 9.17) is 9.26 Å². The van der Waals surface area contributed by atoms with Crippen molar-refractivity contribution < 1.29 is 9.26 Å². The molecule has 0 saturated carbocycles. The van der Waals surface area contributed by atoms with Gasteiger partial charge in [-0.05, 0) is 11.1 Å². The van der Waals surface area contributed by atoms with Crippen molar-refractivity contribution >= 4 is 29.9 Å². The van der Waals surface area contributed by atoms with Crippen LogP contribution in [0.1, 0.15) is 43.6 Å². The molecule has 0 amide bonds. The number of ether oxygens (including phenoxy) is 1. The van der Waals surface area contributed by atoms with Gasteiger partial charge < -0.3 is 19.9 Å². The van der Waals surface area contributed by atoms with Gasteiger partial charge in [-0.25, -0.2) is 0 Å². The first-order valence-corrected chi connectivity index (χ1v) is 10.1. The quantitative estimate of drug-likeness (QED) is 0.339. The van der Waals surface area contributed by atoms with Crippen molar-refractivity contribution in [2.24, 2.45) is 4.99 Å². The molecule has 1 aromatic heterocycles. The molecule has 30 heavy (non-hydrogen) atoms. The first-order valence-electron chi connectivity index (χ1n) is 10.1. The second kappa shape index (κ2) is 11.6. The van der Waals surface area contributed by atoms with Gasteiger partial charge >= 0.3 is 0 Å². The highest BCUT2D eigenvalue weighted by Gasteiger charge is 2.21. The van der Waals surface area contributed by atoms with Crippen molar-refractivity contribution in [2.45, 2.75) is 45.8 Å². The predicted octanol–water partition coefficient (Wildman–Crippen LogP) is 2.68. The maximum atomic E-state index is 5.45. The Hall–Kier alpha value is -1.72. The highest BCUT2D eigenvalue weighted by molar-refractivity contribution is 14.0. The van der Waals surface area contributed by atoms with Crippen LogP contribution in [0.2, 0.25) is 0 Å². The average molecular weight is 528 g/mol. The van der Waals surface area contributed by atoms with E-state index in [-0.39, 0.29) is 29.4 Å². The van der Waals surface area contributed by atoms with Crippen molar-refractivity contribution in [1.82, 2.24) is 25.7 Å². The summed E-state index contributed by atoms with van der Waals surface area (Å²) in [6, 6.07) is 8.51. The Morgan fingerprint density at radius 2 is 1.77 bits per heavy atom. The number of benzene rings is 1. The molecule has 0 atom stereocenters. The molecule has 0 aliphatic carbocycles. The van der Waals surface area contributed by atoms with Crippen molar-refractivity contribution in [2.75, 3.05) is 33.4 Å². The molecule has 1 fully saturated rings. The van der Waals surface area contributed by atoms with E-state index in [9.17, 15) is 0 Å². The van der Waals surface area contributed by atoms with Gasteiger partial charge in [-0.3, -0.25) is 9.89 Å². The molecule has 0 bridgehead atoms. The van der Waals surface area contributed by atoms with E-state index in [1.807, 2.05) is 20.8 Å². The van der Waals surface area contributed by atoms with Crippen LogP contribution < -0.4 is 10.6 Å². The Balaban J connectivity index is 0.00000320. The Morgan fingerprint density at radius 3 is 2.40 bits per heavy atom. The van der Waals surface area contributed by atoms with Gasteiger partial charge in [-0.2, -0.15) is 4.98 Å². The summed E-state index contributed by atoms with van der Waals surface area (Å²) >= 11 is 0. The lowest BCUT2D eigenvalue weighted by Crippen LogP contribution is -2.38. The van der Waals surface area contributed by atoms with E-state index in [2.05, 4.69) is 54.9 Å². The highest BCUT2D eigenvalue weighted by atomic mass is 127. The molecule has 2 aromatic rings. The third-order valence-electron chi connectivity index (χ3n) is 4.81. The number of halogens is 1. The SMILES string of the molecule is CN=C(NCc1noc(C(C)(C)C)n1)NCc1ccccc1CN1CCOCC1.I. The van der Waals surface area contributed by atoms with Crippen LogP contribution in [0.4, 0.5) is 0 Å². The molecule has 9 heteroatoms. The van der Waals surface area contributed by atoms with E-state index < -0.39 is 0 Å². The third kappa shape index (κ3) is 7.21. The lowest BCUT2D eigenvalue weighted by Gasteiger charge is -2.27. The molecule has 2 N–H and O–H groups in total. The fourth-order valence-corrected chi connectivity index (χ4v) is 3.08. The van der Waals surface area contributed by atoms with E-state index >= 15 is 0 Å². The molecule has 0 spiro atoms. The number of aromatic nitrogens is 2. The summed E-state index contributed by atoms with van der Waals surface area (Å²) in [4.78, 5) is 11.2. The molecule has 1 aliphatic rings. The van der Waals surface area contributed by atoms with Crippen LogP contribution >= 0.6 is 24.0 Å². The van der Waals surface area contributed by atoms with Gasteiger partial charge in [0.25, 0.3) is 0 Å². The maximum Gasteiger partial charge on any atom is 0.232 e. The molecule has 3 rings (SSSR count). The van der Waals surface area contributed by atoms with Crippen molar-refractivity contribution in [3.63, 3.8) is 0 Å². The van der Waals surface area contributed by atoms with Gasteiger partial charge in [0.05, 0.1) is 19.8 Å². The van der Waals surface area contributed by atoms with Crippen LogP contribution in [0.5, 0.6) is 0 Å². The lowest BCUT2D eigenvalue weighted by molar-refractivity contribution is 0.0341. The molecular formula is C21H33IN6O2. The first kappa shape index (κ1) is 24.5. The predicted molar refractivity (Wildman–Crippen MR) is 128 cm³/mol. The number of nitrogens with zero attached hydrogens (tertiary/aromatic N) is 4. The Labute approximate surface area is 195 Å². The van der Waals surface area contributed by atoms with E-state index in [1.54, 1.807) is 7.05 Å². The number of hydrogen-bond donors (Lipinski definition) is 2. The Kier molecular flexibility index (Phi) is 9.50. The molecule has 8 nitrogen and oxygen atoms in total. The van der Waals surface area contributed by atoms with Gasteiger partial charge in [0.15, 0.2) is 11.8 Å². The van der Waals surface area contributed by atoms with Crippen LogP contribution in [0.15, 0.2) is 33.8 Å². The summed E-state index contributed by atoms with van der Waals surface area (Å²) in [5.74, 6) is 1.95. The van der Waals surface area contributed by atoms with Crippen LogP contribution in [0.3, 0.4) is 0 Å². The first-order chi connectivity index (χ1) is 14.0. The zero-order valence-electron chi connectivity index (χ0n) is 18.3. The van der Waals surface area contributed by atoms with Gasteiger partial charge in [-0.15, -0.1) is 24.0 Å². The number of rotatable bonds is 6. The largest absolute Gasteiger partial charge is 0.379 e. The van der Waals surface area contributed by atoms with Crippen molar-refractivity contribution in [1.29, 1.82) is 0 Å². The minimum Gasteiger partial charge on any atom is -0.379 e. The van der Waals surface area contributed by atoms with Crippen LogP contribution in [0, 0.1) is 0 Å². The zero-order valence-corrected chi connectivity index (χ0v) is 20.6. The van der Waals surface area contributed by atoms with Crippen molar-refractivity contribution in [3.05, 3.63) is 47.1 Å². The smallest absolute Gasteiger partial charge is 0.232 e. The van der Waals surface area contributed by atoms with Gasteiger partial charge in [0, 0.05) is 38.6 Å². The molecule has 166 valence electrons. The molecule has 0 radical (unpaired) electrons. The van der Waals surface area contributed by atoms with Crippen LogP contribution in [0.25, 0.3) is 0 Å². The monoisotopic (exact) mass is 528 g/mol. The fourth-order valence-electron chi connectivity index (χ4n) is 3.08. The molecule has 2 heterocycles. The van der Waals surface area contributed by atoms with Gasteiger partial charge in [-0.1, -0.05) is 50.2 Å². The summed E-state index contributed by atoms with van der Waals surface area (Å²) in [6.07, 6.45) is 0. The number of hydrogen-bond acceptors (Lipinski definition) is 6. The standard InChI is InChI=1S/C21H32N6O2.HI/c1-21(2,3)19-25-18(26-29-19)14-24-20(22-4)23-13-16-7-5-6-8-17(16)15-27-9-11-28-12-10-27;/h5-8H,9-15H2,1-4H3,(H2,22,23,24);1H. The topological polar surface area (TPSA) is 87.8 Å². The third-order valence-corrected chi connectivity index (χ3v) is 4.81. The normalized spacial score (nSPS) is 15.5. The Morgan fingerprint density at radius 1 is 1.10 bits per heavy atom. The second-order valence-corrected chi connectivity index (χ2v) is 8.20. The second-order valence-electron chi connectivity index (χ2n) is 8.20. The van der Waals surface area contributed by atoms with Crippen LogP contribution in [-0.2, 0) is 29.8 Å². The van der Waals surface area contributed by atoms with E-state index in [1.165, 1.54) is 11.1 Å². The molecular weight excluding hydrogens is 495 g/mol. The summed E-state index contributed by atoms with van der Waals surface area (Å²) in [6.45, 7) is 11.8. The number of guanidine groups is 1. The molecule has 1 aromatic carbocycles. The minimum atomic E-state index is -0.157. The van der Waals surface area contributed by atoms with Crippen molar-refractivity contribution in [3.8, 4) is 0 Å². The fraction of sp³-hybridized carbons (Fsp3) is 0.571. The van der Waals surface area contributed by atoms with Crippen LogP contribution in [-0.4, -0.2) is 54.4 Å². The highest BCUT2D eigenvalue weighted by Crippen LogP contribution is 2.19. The van der Waals surface area contributed by atoms with Gasteiger partial charge in [0.1, 0.15) is 0 Å². The molecule has 1 saturated heterocycles. The average Bonchev–Trinajstić information content (AvgIpc) is 3.20. The van der Waals surface area contributed by atoms with E-state index in [0.717, 1.165) is 32.8 Å².